The van der Waals surface area contributed by atoms with E-state index in [0.717, 1.165) is 89.9 Å². The molecule has 6 nitrogen and oxygen atoms in total. The zero-order valence-electron chi connectivity index (χ0n) is 39.3. The highest BCUT2D eigenvalue weighted by atomic mass is 16.6. The van der Waals surface area contributed by atoms with E-state index in [9.17, 15) is 14.4 Å². The summed E-state index contributed by atoms with van der Waals surface area (Å²) in [5.74, 6) is -1.09. The molecular weight excluding hydrogens is 769 g/mol. The largest absolute Gasteiger partial charge is 0.462 e. The van der Waals surface area contributed by atoms with Gasteiger partial charge in [0, 0.05) is 19.3 Å². The first-order valence-corrected chi connectivity index (χ1v) is 24.3. The van der Waals surface area contributed by atoms with Crippen LogP contribution in [0, 0.1) is 0 Å². The lowest BCUT2D eigenvalue weighted by Crippen LogP contribution is -2.30. The Morgan fingerprint density at radius 3 is 1.27 bits per heavy atom. The van der Waals surface area contributed by atoms with Crippen molar-refractivity contribution in [3.8, 4) is 0 Å². The third-order valence-corrected chi connectivity index (χ3v) is 9.51. The highest BCUT2D eigenvalue weighted by molar-refractivity contribution is 5.71. The number of unbranched alkanes of at least 4 members (excludes halogenated alkanes) is 12. The van der Waals surface area contributed by atoms with Gasteiger partial charge < -0.3 is 14.2 Å². The van der Waals surface area contributed by atoms with E-state index in [1.165, 1.54) is 38.5 Å². The Bertz CT molecular complexity index is 1400. The first-order valence-electron chi connectivity index (χ1n) is 24.3. The summed E-state index contributed by atoms with van der Waals surface area (Å²) in [6, 6.07) is 0. The second-order valence-corrected chi connectivity index (χ2v) is 15.4. The molecule has 0 aliphatic rings. The van der Waals surface area contributed by atoms with Crippen LogP contribution in [0.1, 0.15) is 181 Å². The molecule has 0 aliphatic carbocycles. The molecule has 0 rings (SSSR count). The molecule has 0 aromatic rings. The summed E-state index contributed by atoms with van der Waals surface area (Å²) in [7, 11) is 0. The molecule has 0 N–H and O–H groups in total. The minimum Gasteiger partial charge on any atom is -0.462 e. The molecule has 0 spiro atoms. The van der Waals surface area contributed by atoms with Crippen LogP contribution in [0.3, 0.4) is 0 Å². The Balaban J connectivity index is 4.62. The second-order valence-electron chi connectivity index (χ2n) is 15.4. The summed E-state index contributed by atoms with van der Waals surface area (Å²) in [4.78, 5) is 37.9. The van der Waals surface area contributed by atoms with Crippen LogP contribution in [0.2, 0.25) is 0 Å². The van der Waals surface area contributed by atoms with Crippen molar-refractivity contribution in [3.63, 3.8) is 0 Å². The highest BCUT2D eigenvalue weighted by Crippen LogP contribution is 2.11. The Morgan fingerprint density at radius 2 is 0.742 bits per heavy atom. The molecule has 0 saturated heterocycles. The lowest BCUT2D eigenvalue weighted by Gasteiger charge is -2.18. The van der Waals surface area contributed by atoms with Gasteiger partial charge in [-0.25, -0.2) is 0 Å². The van der Waals surface area contributed by atoms with Crippen LogP contribution in [0.4, 0.5) is 0 Å². The number of rotatable bonds is 41. The van der Waals surface area contributed by atoms with Crippen molar-refractivity contribution in [2.24, 2.45) is 0 Å². The summed E-state index contributed by atoms with van der Waals surface area (Å²) >= 11 is 0. The van der Waals surface area contributed by atoms with E-state index in [-0.39, 0.29) is 44.0 Å². The fraction of sp³-hybridized carbons (Fsp3) is 0.554. The van der Waals surface area contributed by atoms with Crippen LogP contribution < -0.4 is 0 Å². The molecule has 6 heteroatoms. The number of carbonyl (C=O) groups is 3. The quantitative estimate of drug-likeness (QED) is 0.0200. The molecule has 0 aromatic carbocycles. The monoisotopic (exact) mass is 855 g/mol. The van der Waals surface area contributed by atoms with Gasteiger partial charge in [-0.3, -0.25) is 14.4 Å². The molecule has 0 aliphatic heterocycles. The van der Waals surface area contributed by atoms with E-state index >= 15 is 0 Å². The first-order chi connectivity index (χ1) is 30.5. The summed E-state index contributed by atoms with van der Waals surface area (Å²) in [6.07, 6.45) is 68.7. The number of hydrogen-bond donors (Lipinski definition) is 0. The summed E-state index contributed by atoms with van der Waals surface area (Å²) in [5, 5.41) is 0. The van der Waals surface area contributed by atoms with Crippen molar-refractivity contribution in [1.82, 2.24) is 0 Å². The standard InChI is InChI=1S/C56H86O6/c1-4-7-10-13-16-19-22-25-27-29-31-34-37-40-43-46-49-55(58)61-52-53(51-60-54(57)48-45-42-39-36-33-30-24-21-18-15-12-9-6-3)62-56(59)50-47-44-41-38-35-32-28-26-23-20-17-14-11-8-5-2/h7-8,10-11,14,16-17,19-20,23,25-28,30-35,39,42,53H,4-6,9,12-13,15,18,21-22,24,29,36-38,40-41,43-52H2,1-3H3/b10-7+,11-8+,17-14+,19-16+,23-20+,27-25+,28-26+,33-30+,34-31+,35-32+,42-39+. The average molecular weight is 855 g/mol. The lowest BCUT2D eigenvalue weighted by atomic mass is 10.1. The maximum Gasteiger partial charge on any atom is 0.306 e. The maximum absolute atomic E-state index is 12.8. The molecule has 0 fully saturated rings. The lowest BCUT2D eigenvalue weighted by molar-refractivity contribution is -0.166. The van der Waals surface area contributed by atoms with Gasteiger partial charge in [-0.1, -0.05) is 199 Å². The Morgan fingerprint density at radius 1 is 0.355 bits per heavy atom. The Hall–Kier alpha value is -4.45. The van der Waals surface area contributed by atoms with Gasteiger partial charge in [-0.05, 0) is 96.3 Å². The van der Waals surface area contributed by atoms with E-state index in [0.29, 0.717) is 19.3 Å². The maximum atomic E-state index is 12.8. The molecule has 0 heterocycles. The van der Waals surface area contributed by atoms with Gasteiger partial charge in [0.05, 0.1) is 0 Å². The zero-order chi connectivity index (χ0) is 45.1. The van der Waals surface area contributed by atoms with Gasteiger partial charge in [-0.15, -0.1) is 0 Å². The van der Waals surface area contributed by atoms with Gasteiger partial charge >= 0.3 is 17.9 Å². The highest BCUT2D eigenvalue weighted by Gasteiger charge is 2.19. The van der Waals surface area contributed by atoms with Crippen molar-refractivity contribution in [2.45, 2.75) is 187 Å². The topological polar surface area (TPSA) is 78.9 Å². The smallest absolute Gasteiger partial charge is 0.306 e. The molecule has 1 atom stereocenters. The minimum absolute atomic E-state index is 0.134. The molecule has 0 saturated carbocycles. The minimum atomic E-state index is -0.840. The third kappa shape index (κ3) is 46.6. The van der Waals surface area contributed by atoms with E-state index in [1.54, 1.807) is 0 Å². The average Bonchev–Trinajstić information content (AvgIpc) is 3.27. The predicted octanol–water partition coefficient (Wildman–Crippen LogP) is 15.9. The molecular formula is C56H86O6. The zero-order valence-corrected chi connectivity index (χ0v) is 39.3. The van der Waals surface area contributed by atoms with E-state index < -0.39 is 6.10 Å². The van der Waals surface area contributed by atoms with Gasteiger partial charge in [0.1, 0.15) is 13.2 Å². The summed E-state index contributed by atoms with van der Waals surface area (Å²) in [6.45, 7) is 6.22. The van der Waals surface area contributed by atoms with Crippen LogP contribution in [-0.2, 0) is 28.6 Å². The van der Waals surface area contributed by atoms with Crippen molar-refractivity contribution < 1.29 is 28.6 Å². The van der Waals surface area contributed by atoms with E-state index in [2.05, 4.69) is 99.8 Å². The van der Waals surface area contributed by atoms with Crippen LogP contribution in [0.25, 0.3) is 0 Å². The molecule has 0 bridgehead atoms. The molecule has 1 unspecified atom stereocenters. The summed E-state index contributed by atoms with van der Waals surface area (Å²) < 4.78 is 16.6. The van der Waals surface area contributed by atoms with Crippen LogP contribution in [0.15, 0.2) is 134 Å². The van der Waals surface area contributed by atoms with Crippen molar-refractivity contribution >= 4 is 17.9 Å². The van der Waals surface area contributed by atoms with Crippen molar-refractivity contribution in [2.75, 3.05) is 13.2 Å². The van der Waals surface area contributed by atoms with Gasteiger partial charge in [0.25, 0.3) is 0 Å². The number of allylic oxidation sites excluding steroid dienone is 22. The van der Waals surface area contributed by atoms with E-state index in [4.69, 9.17) is 14.2 Å². The van der Waals surface area contributed by atoms with E-state index in [1.807, 2.05) is 54.7 Å². The van der Waals surface area contributed by atoms with Crippen LogP contribution >= 0.6 is 0 Å². The summed E-state index contributed by atoms with van der Waals surface area (Å²) in [5.41, 5.74) is 0. The SMILES string of the molecule is CC/C=C/C=C/C=C/C=C/C=C/CCCCCC(=O)OC(COC(=O)CC/C=C/C/C=C/CCCCCCCC)COC(=O)CCCCC/C=C/C/C=C/C/C=C/C/C=C/CC. The number of esters is 3. The Labute approximate surface area is 379 Å². The third-order valence-electron chi connectivity index (χ3n) is 9.51. The van der Waals surface area contributed by atoms with Crippen LogP contribution in [-0.4, -0.2) is 37.2 Å². The fourth-order valence-electron chi connectivity index (χ4n) is 5.92. The normalized spacial score (nSPS) is 13.3. The number of carbonyl (C=O) groups excluding carboxylic acids is 3. The molecule has 0 radical (unpaired) electrons. The molecule has 62 heavy (non-hydrogen) atoms. The second kappa shape index (κ2) is 49.2. The molecule has 0 amide bonds. The van der Waals surface area contributed by atoms with Crippen molar-refractivity contribution in [3.05, 3.63) is 134 Å². The predicted molar refractivity (Wildman–Crippen MR) is 265 cm³/mol. The van der Waals surface area contributed by atoms with Crippen molar-refractivity contribution in [1.29, 1.82) is 0 Å². The number of ether oxygens (including phenoxy) is 3. The molecule has 346 valence electrons. The van der Waals surface area contributed by atoms with Gasteiger partial charge in [0.15, 0.2) is 6.10 Å². The first kappa shape index (κ1) is 57.5. The molecule has 0 aromatic heterocycles. The van der Waals surface area contributed by atoms with Gasteiger partial charge in [-0.2, -0.15) is 0 Å². The fourth-order valence-corrected chi connectivity index (χ4v) is 5.92. The Kier molecular flexibility index (Phi) is 45.7. The van der Waals surface area contributed by atoms with Gasteiger partial charge in [0.2, 0.25) is 0 Å². The van der Waals surface area contributed by atoms with Crippen LogP contribution in [0.5, 0.6) is 0 Å². The number of hydrogen-bond acceptors (Lipinski definition) is 6.